The fourth-order valence-electron chi connectivity index (χ4n) is 3.59. The molecule has 0 saturated heterocycles. The van der Waals surface area contributed by atoms with E-state index in [1.807, 2.05) is 13.0 Å². The summed E-state index contributed by atoms with van der Waals surface area (Å²) in [6.07, 6.45) is 0.405. The zero-order valence-electron chi connectivity index (χ0n) is 17.0. The zero-order chi connectivity index (χ0) is 21.2. The van der Waals surface area contributed by atoms with Gasteiger partial charge in [-0.15, -0.1) is 0 Å². The van der Waals surface area contributed by atoms with Crippen molar-refractivity contribution in [2.75, 3.05) is 27.9 Å². The average molecular weight is 419 g/mol. The highest BCUT2D eigenvalue weighted by Crippen LogP contribution is 2.41. The quantitative estimate of drug-likeness (QED) is 0.670. The fraction of sp³-hybridized carbons (Fsp3) is 0.381. The van der Waals surface area contributed by atoms with Crippen molar-refractivity contribution in [1.82, 2.24) is 4.31 Å². The molecule has 7 nitrogen and oxygen atoms in total. The van der Waals surface area contributed by atoms with Gasteiger partial charge in [-0.1, -0.05) is 17.7 Å². The van der Waals surface area contributed by atoms with E-state index in [-0.39, 0.29) is 17.9 Å². The SMILES string of the molecule is COC(=O)C[C@H]1c2cc(OC)c(OC)cc2CCN1S(=O)(=O)c1ccc(C)cc1. The maximum atomic E-state index is 13.4. The molecule has 8 heteroatoms. The molecule has 1 aliphatic heterocycles. The van der Waals surface area contributed by atoms with Crippen LogP contribution in [-0.2, 0) is 26.0 Å². The number of carbonyl (C=O) groups excluding carboxylic acids is 1. The van der Waals surface area contributed by atoms with Gasteiger partial charge in [0, 0.05) is 6.54 Å². The minimum absolute atomic E-state index is 0.0932. The number of sulfonamides is 1. The molecule has 1 aliphatic rings. The summed E-state index contributed by atoms with van der Waals surface area (Å²) in [6, 6.07) is 9.58. The average Bonchev–Trinajstić information content (AvgIpc) is 2.72. The Bertz CT molecular complexity index is 1000. The summed E-state index contributed by atoms with van der Waals surface area (Å²) in [5.41, 5.74) is 2.61. The summed E-state index contributed by atoms with van der Waals surface area (Å²) < 4.78 is 43.7. The van der Waals surface area contributed by atoms with E-state index >= 15 is 0 Å². The van der Waals surface area contributed by atoms with Crippen molar-refractivity contribution in [3.05, 3.63) is 53.1 Å². The molecule has 0 bridgehead atoms. The highest BCUT2D eigenvalue weighted by atomic mass is 32.2. The van der Waals surface area contributed by atoms with Gasteiger partial charge in [0.15, 0.2) is 11.5 Å². The van der Waals surface area contributed by atoms with Crippen LogP contribution in [0, 0.1) is 6.92 Å². The van der Waals surface area contributed by atoms with E-state index < -0.39 is 22.0 Å². The largest absolute Gasteiger partial charge is 0.493 e. The lowest BCUT2D eigenvalue weighted by Gasteiger charge is -2.36. The number of methoxy groups -OCH3 is 3. The molecule has 2 aromatic carbocycles. The number of nitrogens with zero attached hydrogens (tertiary/aromatic N) is 1. The third kappa shape index (κ3) is 4.09. The molecule has 0 spiro atoms. The Balaban J connectivity index is 2.11. The van der Waals surface area contributed by atoms with Gasteiger partial charge in [0.2, 0.25) is 10.0 Å². The number of aryl methyl sites for hydroxylation is 1. The molecule has 1 atom stereocenters. The lowest BCUT2D eigenvalue weighted by atomic mass is 9.91. The van der Waals surface area contributed by atoms with Crippen LogP contribution in [0.3, 0.4) is 0 Å². The van der Waals surface area contributed by atoms with Crippen LogP contribution in [0.15, 0.2) is 41.3 Å². The number of rotatable bonds is 6. The molecule has 3 rings (SSSR count). The van der Waals surface area contributed by atoms with Gasteiger partial charge in [0.1, 0.15) is 0 Å². The number of hydrogen-bond acceptors (Lipinski definition) is 6. The summed E-state index contributed by atoms with van der Waals surface area (Å²) in [4.78, 5) is 12.3. The highest BCUT2D eigenvalue weighted by Gasteiger charge is 2.38. The second-order valence-electron chi connectivity index (χ2n) is 6.88. The number of hydrogen-bond donors (Lipinski definition) is 0. The van der Waals surface area contributed by atoms with Gasteiger partial charge in [-0.3, -0.25) is 4.79 Å². The van der Waals surface area contributed by atoms with Gasteiger partial charge < -0.3 is 14.2 Å². The van der Waals surface area contributed by atoms with Crippen molar-refractivity contribution < 1.29 is 27.4 Å². The Morgan fingerprint density at radius 3 is 2.28 bits per heavy atom. The smallest absolute Gasteiger partial charge is 0.307 e. The van der Waals surface area contributed by atoms with Gasteiger partial charge >= 0.3 is 5.97 Å². The molecule has 0 unspecified atom stereocenters. The zero-order valence-corrected chi connectivity index (χ0v) is 17.8. The van der Waals surface area contributed by atoms with Crippen LogP contribution in [0.4, 0.5) is 0 Å². The van der Waals surface area contributed by atoms with Crippen LogP contribution < -0.4 is 9.47 Å². The van der Waals surface area contributed by atoms with E-state index in [9.17, 15) is 13.2 Å². The van der Waals surface area contributed by atoms with Crippen LogP contribution >= 0.6 is 0 Å². The highest BCUT2D eigenvalue weighted by molar-refractivity contribution is 7.89. The van der Waals surface area contributed by atoms with Crippen molar-refractivity contribution >= 4 is 16.0 Å². The molecule has 0 saturated carbocycles. The molecule has 0 aliphatic carbocycles. The van der Waals surface area contributed by atoms with Gasteiger partial charge in [0.25, 0.3) is 0 Å². The molecular weight excluding hydrogens is 394 g/mol. The Morgan fingerprint density at radius 2 is 1.69 bits per heavy atom. The van der Waals surface area contributed by atoms with Crippen molar-refractivity contribution in [2.45, 2.75) is 30.7 Å². The third-order valence-corrected chi connectivity index (χ3v) is 7.09. The summed E-state index contributed by atoms with van der Waals surface area (Å²) >= 11 is 0. The fourth-order valence-corrected chi connectivity index (χ4v) is 5.20. The molecule has 2 aromatic rings. The van der Waals surface area contributed by atoms with Crippen LogP contribution in [0.5, 0.6) is 11.5 Å². The van der Waals surface area contributed by atoms with Crippen molar-refractivity contribution in [3.63, 3.8) is 0 Å². The summed E-state index contributed by atoms with van der Waals surface area (Å²) in [5.74, 6) is 0.565. The molecule has 0 amide bonds. The second kappa shape index (κ2) is 8.42. The molecular formula is C21H25NO6S. The van der Waals surface area contributed by atoms with Crippen LogP contribution in [-0.4, -0.2) is 46.6 Å². The first-order chi connectivity index (χ1) is 13.8. The minimum atomic E-state index is -3.81. The number of benzene rings is 2. The van der Waals surface area contributed by atoms with E-state index in [0.29, 0.717) is 17.9 Å². The first-order valence-corrected chi connectivity index (χ1v) is 10.7. The molecule has 0 N–H and O–H groups in total. The predicted octanol–water partition coefficient (Wildman–Crippen LogP) is 2.86. The van der Waals surface area contributed by atoms with Gasteiger partial charge in [0.05, 0.1) is 38.7 Å². The molecule has 29 heavy (non-hydrogen) atoms. The van der Waals surface area contributed by atoms with E-state index in [2.05, 4.69) is 0 Å². The first-order valence-electron chi connectivity index (χ1n) is 9.22. The van der Waals surface area contributed by atoms with Crippen molar-refractivity contribution in [2.24, 2.45) is 0 Å². The lowest BCUT2D eigenvalue weighted by Crippen LogP contribution is -2.41. The minimum Gasteiger partial charge on any atom is -0.493 e. The predicted molar refractivity (Wildman–Crippen MR) is 108 cm³/mol. The number of carbonyl (C=O) groups is 1. The van der Waals surface area contributed by atoms with E-state index in [4.69, 9.17) is 14.2 Å². The van der Waals surface area contributed by atoms with Crippen molar-refractivity contribution in [3.8, 4) is 11.5 Å². The molecule has 0 fully saturated rings. The molecule has 156 valence electrons. The molecule has 0 radical (unpaired) electrons. The van der Waals surface area contributed by atoms with E-state index in [0.717, 1.165) is 16.7 Å². The maximum Gasteiger partial charge on any atom is 0.307 e. The maximum absolute atomic E-state index is 13.4. The monoisotopic (exact) mass is 419 g/mol. The standard InChI is InChI=1S/C21H25NO6S/c1-14-5-7-16(8-6-14)29(24,25)22-10-9-15-11-19(26-2)20(27-3)12-17(15)18(22)13-21(23)28-4/h5-8,11-12,18H,9-10,13H2,1-4H3/t18-/m0/s1. The first kappa shape index (κ1) is 21.1. The Kier molecular flexibility index (Phi) is 6.14. The second-order valence-corrected chi connectivity index (χ2v) is 8.77. The van der Waals surface area contributed by atoms with E-state index in [1.165, 1.54) is 18.5 Å². The van der Waals surface area contributed by atoms with Gasteiger partial charge in [-0.2, -0.15) is 4.31 Å². The lowest BCUT2D eigenvalue weighted by molar-refractivity contribution is -0.141. The Hall–Kier alpha value is -2.58. The third-order valence-electron chi connectivity index (χ3n) is 5.17. The number of ether oxygens (including phenoxy) is 3. The Morgan fingerprint density at radius 1 is 1.07 bits per heavy atom. The van der Waals surface area contributed by atoms with Crippen molar-refractivity contribution in [1.29, 1.82) is 0 Å². The topological polar surface area (TPSA) is 82.1 Å². The molecule has 0 aromatic heterocycles. The van der Waals surface area contributed by atoms with Crippen LogP contribution in [0.1, 0.15) is 29.2 Å². The normalized spacial score (nSPS) is 16.8. The van der Waals surface area contributed by atoms with Crippen LogP contribution in [0.2, 0.25) is 0 Å². The summed E-state index contributed by atoms with van der Waals surface area (Å²) in [5, 5.41) is 0. The summed E-state index contributed by atoms with van der Waals surface area (Å²) in [6.45, 7) is 2.15. The molecule has 1 heterocycles. The summed E-state index contributed by atoms with van der Waals surface area (Å²) in [7, 11) is 0.551. The van der Waals surface area contributed by atoms with Crippen LogP contribution in [0.25, 0.3) is 0 Å². The number of esters is 1. The van der Waals surface area contributed by atoms with Gasteiger partial charge in [-0.25, -0.2) is 8.42 Å². The van der Waals surface area contributed by atoms with E-state index in [1.54, 1.807) is 37.4 Å². The van der Waals surface area contributed by atoms with Gasteiger partial charge in [-0.05, 0) is 48.7 Å². The number of fused-ring (bicyclic) bond motifs is 1. The Labute approximate surface area is 171 Å².